The lowest BCUT2D eigenvalue weighted by Gasteiger charge is -2.13. The molecule has 0 aromatic heterocycles. The number of hydrogen-bond donors (Lipinski definition) is 1. The van der Waals surface area contributed by atoms with Crippen molar-refractivity contribution in [2.75, 3.05) is 13.1 Å². The zero-order valence-corrected chi connectivity index (χ0v) is 7.79. The molecule has 0 aliphatic carbocycles. The van der Waals surface area contributed by atoms with E-state index >= 15 is 0 Å². The highest BCUT2D eigenvalue weighted by Gasteiger charge is 2.06. The molecule has 4 nitrogen and oxygen atoms in total. The summed E-state index contributed by atoms with van der Waals surface area (Å²) in [5, 5.41) is 11.2. The molecule has 0 saturated carbocycles. The van der Waals surface area contributed by atoms with Crippen LogP contribution in [0.4, 0.5) is 0 Å². The summed E-state index contributed by atoms with van der Waals surface area (Å²) in [7, 11) is 0. The lowest BCUT2D eigenvalue weighted by molar-refractivity contribution is -0.122. The van der Waals surface area contributed by atoms with E-state index in [0.717, 1.165) is 0 Å². The van der Waals surface area contributed by atoms with Gasteiger partial charge in [0.25, 0.3) is 0 Å². The van der Waals surface area contributed by atoms with Crippen LogP contribution in [0.1, 0.15) is 20.8 Å². The van der Waals surface area contributed by atoms with E-state index < -0.39 is 0 Å². The Hall–Kier alpha value is -1.24. The van der Waals surface area contributed by atoms with Crippen LogP contribution in [0.5, 0.6) is 0 Å². The molecule has 0 spiro atoms. The monoisotopic (exact) mass is 169 g/mol. The molecule has 0 rings (SSSR count). The van der Waals surface area contributed by atoms with Gasteiger partial charge >= 0.3 is 0 Å². The molecule has 12 heavy (non-hydrogen) atoms. The van der Waals surface area contributed by atoms with E-state index in [1.165, 1.54) is 4.90 Å². The molecule has 0 aromatic rings. The Balaban J connectivity index is 3.76. The third kappa shape index (κ3) is 4.56. The molecule has 0 heterocycles. The summed E-state index contributed by atoms with van der Waals surface area (Å²) in [6.07, 6.45) is 1.93. The Kier molecular flexibility index (Phi) is 4.86. The van der Waals surface area contributed by atoms with E-state index in [-0.39, 0.29) is 18.5 Å². The van der Waals surface area contributed by atoms with Crippen molar-refractivity contribution in [3.8, 4) is 6.19 Å². The second kappa shape index (κ2) is 5.42. The Labute approximate surface area is 73.2 Å². The molecule has 0 radical (unpaired) electrons. The Morgan fingerprint density at radius 1 is 1.67 bits per heavy atom. The number of likely N-dealkylation sites (N-methyl/N-ethyl adjacent to an activating group) is 1. The van der Waals surface area contributed by atoms with Crippen LogP contribution in [0.2, 0.25) is 0 Å². The van der Waals surface area contributed by atoms with E-state index in [1.54, 1.807) is 0 Å². The van der Waals surface area contributed by atoms with Gasteiger partial charge in [-0.2, -0.15) is 5.26 Å². The fourth-order valence-electron chi connectivity index (χ4n) is 0.759. The predicted octanol–water partition coefficient (Wildman–Crippen LogP) is 0.314. The number of rotatable bonds is 4. The van der Waals surface area contributed by atoms with Crippen LogP contribution in [-0.2, 0) is 4.79 Å². The van der Waals surface area contributed by atoms with Gasteiger partial charge in [0.15, 0.2) is 6.19 Å². The summed E-state index contributed by atoms with van der Waals surface area (Å²) in [6.45, 7) is 6.35. The molecule has 0 bridgehead atoms. The van der Waals surface area contributed by atoms with Crippen molar-refractivity contribution >= 4 is 5.91 Å². The first-order valence-electron chi connectivity index (χ1n) is 4.04. The third-order valence-electron chi connectivity index (χ3n) is 1.31. The van der Waals surface area contributed by atoms with Crippen molar-refractivity contribution in [1.29, 1.82) is 5.26 Å². The molecule has 1 N–H and O–H groups in total. The van der Waals surface area contributed by atoms with Crippen LogP contribution in [0, 0.1) is 11.5 Å². The standard InChI is InChI=1S/C8H15N3O/c1-4-11(6-9)5-8(12)10-7(2)3/h7H,4-5H2,1-3H3,(H,10,12). The van der Waals surface area contributed by atoms with E-state index in [4.69, 9.17) is 5.26 Å². The number of nitrogens with zero attached hydrogens (tertiary/aromatic N) is 2. The Morgan fingerprint density at radius 2 is 2.25 bits per heavy atom. The topological polar surface area (TPSA) is 56.1 Å². The molecule has 68 valence electrons. The van der Waals surface area contributed by atoms with Crippen molar-refractivity contribution in [3.05, 3.63) is 0 Å². The summed E-state index contributed by atoms with van der Waals surface area (Å²) >= 11 is 0. The number of nitriles is 1. The Bertz CT molecular complexity index is 183. The van der Waals surface area contributed by atoms with E-state index in [2.05, 4.69) is 5.32 Å². The normalized spacial score (nSPS) is 9.25. The molecule has 0 fully saturated rings. The average molecular weight is 169 g/mol. The van der Waals surface area contributed by atoms with Gasteiger partial charge in [-0.25, -0.2) is 0 Å². The van der Waals surface area contributed by atoms with E-state index in [0.29, 0.717) is 6.54 Å². The first kappa shape index (κ1) is 10.8. The van der Waals surface area contributed by atoms with Gasteiger partial charge in [0.1, 0.15) is 6.54 Å². The molecular formula is C8H15N3O. The average Bonchev–Trinajstić information content (AvgIpc) is 1.98. The van der Waals surface area contributed by atoms with Crippen LogP contribution in [-0.4, -0.2) is 29.9 Å². The molecule has 0 aromatic carbocycles. The highest BCUT2D eigenvalue weighted by molar-refractivity contribution is 5.78. The van der Waals surface area contributed by atoms with Gasteiger partial charge in [0, 0.05) is 12.6 Å². The highest BCUT2D eigenvalue weighted by Crippen LogP contribution is 1.84. The van der Waals surface area contributed by atoms with Crippen molar-refractivity contribution < 1.29 is 4.79 Å². The summed E-state index contributed by atoms with van der Waals surface area (Å²) < 4.78 is 0. The van der Waals surface area contributed by atoms with Gasteiger partial charge in [-0.15, -0.1) is 0 Å². The van der Waals surface area contributed by atoms with E-state index in [9.17, 15) is 4.79 Å². The molecule has 0 saturated heterocycles. The number of carbonyl (C=O) groups excluding carboxylic acids is 1. The maximum atomic E-state index is 11.1. The smallest absolute Gasteiger partial charge is 0.240 e. The number of amides is 1. The summed E-state index contributed by atoms with van der Waals surface area (Å²) in [6, 6.07) is 0.134. The zero-order chi connectivity index (χ0) is 9.56. The Morgan fingerprint density at radius 3 is 2.58 bits per heavy atom. The molecule has 4 heteroatoms. The maximum absolute atomic E-state index is 11.1. The van der Waals surface area contributed by atoms with Gasteiger partial charge < -0.3 is 10.2 Å². The van der Waals surface area contributed by atoms with Crippen molar-refractivity contribution in [2.24, 2.45) is 0 Å². The molecule has 1 amide bonds. The quantitative estimate of drug-likeness (QED) is 0.487. The molecular weight excluding hydrogens is 154 g/mol. The van der Waals surface area contributed by atoms with Gasteiger partial charge in [-0.3, -0.25) is 4.79 Å². The summed E-state index contributed by atoms with van der Waals surface area (Å²) in [5.74, 6) is -0.103. The van der Waals surface area contributed by atoms with Crippen LogP contribution < -0.4 is 5.32 Å². The predicted molar refractivity (Wildman–Crippen MR) is 46.1 cm³/mol. The van der Waals surface area contributed by atoms with Crippen molar-refractivity contribution in [1.82, 2.24) is 10.2 Å². The fraction of sp³-hybridized carbons (Fsp3) is 0.750. The lowest BCUT2D eigenvalue weighted by Crippen LogP contribution is -2.38. The molecule has 0 aliphatic rings. The largest absolute Gasteiger partial charge is 0.352 e. The number of nitrogens with one attached hydrogen (secondary N) is 1. The third-order valence-corrected chi connectivity index (χ3v) is 1.31. The lowest BCUT2D eigenvalue weighted by atomic mass is 10.4. The van der Waals surface area contributed by atoms with Gasteiger partial charge in [0.2, 0.25) is 5.91 Å². The molecule has 0 unspecified atom stereocenters. The van der Waals surface area contributed by atoms with Crippen molar-refractivity contribution in [3.63, 3.8) is 0 Å². The maximum Gasteiger partial charge on any atom is 0.240 e. The SMILES string of the molecule is CCN(C#N)CC(=O)NC(C)C. The highest BCUT2D eigenvalue weighted by atomic mass is 16.2. The molecule has 0 aliphatic heterocycles. The van der Waals surface area contributed by atoms with Gasteiger partial charge in [0.05, 0.1) is 0 Å². The van der Waals surface area contributed by atoms with Crippen LogP contribution in [0.3, 0.4) is 0 Å². The fourth-order valence-corrected chi connectivity index (χ4v) is 0.759. The van der Waals surface area contributed by atoms with Crippen LogP contribution >= 0.6 is 0 Å². The first-order valence-corrected chi connectivity index (χ1v) is 4.04. The van der Waals surface area contributed by atoms with Crippen LogP contribution in [0.15, 0.2) is 0 Å². The number of hydrogen-bond acceptors (Lipinski definition) is 3. The minimum atomic E-state index is -0.103. The van der Waals surface area contributed by atoms with Crippen LogP contribution in [0.25, 0.3) is 0 Å². The summed E-state index contributed by atoms with van der Waals surface area (Å²) in [4.78, 5) is 12.5. The van der Waals surface area contributed by atoms with E-state index in [1.807, 2.05) is 27.0 Å². The number of carbonyl (C=O) groups is 1. The van der Waals surface area contributed by atoms with Gasteiger partial charge in [-0.1, -0.05) is 0 Å². The second-order valence-electron chi connectivity index (χ2n) is 2.84. The zero-order valence-electron chi connectivity index (χ0n) is 7.79. The van der Waals surface area contributed by atoms with Gasteiger partial charge in [-0.05, 0) is 20.8 Å². The summed E-state index contributed by atoms with van der Waals surface area (Å²) in [5.41, 5.74) is 0. The minimum absolute atomic E-state index is 0.103. The molecule has 0 atom stereocenters. The minimum Gasteiger partial charge on any atom is -0.352 e. The van der Waals surface area contributed by atoms with Crippen molar-refractivity contribution in [2.45, 2.75) is 26.8 Å². The first-order chi connectivity index (χ1) is 5.60. The second-order valence-corrected chi connectivity index (χ2v) is 2.84.